The number of amides is 2. The Labute approximate surface area is 103 Å². The number of hydrogen-bond acceptors (Lipinski definition) is 3. The van der Waals surface area contributed by atoms with Crippen LogP contribution in [0.25, 0.3) is 11.0 Å². The number of carboxylic acid groups (broad SMARTS) is 1. The van der Waals surface area contributed by atoms with E-state index in [1.807, 2.05) is 0 Å². The average Bonchev–Trinajstić information content (AvgIpc) is 2.75. The second kappa shape index (κ2) is 4.36. The van der Waals surface area contributed by atoms with Gasteiger partial charge in [0.2, 0.25) is 5.95 Å². The quantitative estimate of drug-likeness (QED) is 0.797. The average molecular weight is 248 g/mol. The molecule has 2 rings (SSSR count). The van der Waals surface area contributed by atoms with Crippen LogP contribution in [0, 0.1) is 0 Å². The van der Waals surface area contributed by atoms with Crippen LogP contribution in [-0.4, -0.2) is 40.9 Å². The molecule has 0 aliphatic rings. The number of aromatic nitrogens is 2. The van der Waals surface area contributed by atoms with E-state index in [9.17, 15) is 9.59 Å². The smallest absolute Gasteiger partial charge is 0.413 e. The van der Waals surface area contributed by atoms with E-state index >= 15 is 0 Å². The molecule has 0 spiro atoms. The van der Waals surface area contributed by atoms with Crippen LogP contribution in [0.5, 0.6) is 0 Å². The lowest BCUT2D eigenvalue weighted by molar-refractivity contribution is 0.203. The Bertz CT molecular complexity index is 620. The Morgan fingerprint density at radius 2 is 2.06 bits per heavy atom. The minimum Gasteiger partial charge on any atom is -0.465 e. The number of anilines is 1. The van der Waals surface area contributed by atoms with E-state index in [1.165, 1.54) is 18.7 Å². The molecule has 2 N–H and O–H groups in total. The molecule has 0 saturated carbocycles. The van der Waals surface area contributed by atoms with Gasteiger partial charge in [0.05, 0.1) is 11.0 Å². The second-order valence-electron chi connectivity index (χ2n) is 3.63. The second-order valence-corrected chi connectivity index (χ2v) is 3.63. The molecule has 7 heteroatoms. The summed E-state index contributed by atoms with van der Waals surface area (Å²) in [6.45, 7) is 0. The van der Waals surface area contributed by atoms with Gasteiger partial charge in [-0.15, -0.1) is 0 Å². The van der Waals surface area contributed by atoms with Crippen molar-refractivity contribution in [3.05, 3.63) is 24.3 Å². The summed E-state index contributed by atoms with van der Waals surface area (Å²) in [5.74, 6) is 0.0584. The van der Waals surface area contributed by atoms with Crippen molar-refractivity contribution in [3.8, 4) is 0 Å². The first-order chi connectivity index (χ1) is 8.56. The first-order valence-corrected chi connectivity index (χ1v) is 5.22. The van der Waals surface area contributed by atoms with Gasteiger partial charge in [-0.25, -0.2) is 24.0 Å². The van der Waals surface area contributed by atoms with Gasteiger partial charge in [-0.05, 0) is 12.1 Å². The Balaban J connectivity index is 2.72. The standard InChI is InChI=1S/C11H12N4O3/c1-12-10(16)15-8-6-4-3-5-7(8)13-9(15)14(2)11(17)18/h3-6H,1-2H3,(H,12,16)(H,17,18). The zero-order chi connectivity index (χ0) is 13.3. The molecular weight excluding hydrogens is 236 g/mol. The lowest BCUT2D eigenvalue weighted by atomic mass is 10.3. The summed E-state index contributed by atoms with van der Waals surface area (Å²) in [6.07, 6.45) is -1.18. The van der Waals surface area contributed by atoms with Crippen LogP contribution in [0.4, 0.5) is 15.5 Å². The fourth-order valence-corrected chi connectivity index (χ4v) is 1.64. The number of carbonyl (C=O) groups excluding carboxylic acids is 1. The number of imidazole rings is 1. The lowest BCUT2D eigenvalue weighted by Gasteiger charge is -2.13. The van der Waals surface area contributed by atoms with Crippen molar-refractivity contribution in [1.29, 1.82) is 0 Å². The third-order valence-electron chi connectivity index (χ3n) is 2.55. The lowest BCUT2D eigenvalue weighted by Crippen LogP contribution is -2.32. The van der Waals surface area contributed by atoms with Crippen LogP contribution in [0.1, 0.15) is 0 Å². The number of para-hydroxylation sites is 2. The monoisotopic (exact) mass is 248 g/mol. The largest absolute Gasteiger partial charge is 0.465 e. The zero-order valence-corrected chi connectivity index (χ0v) is 9.91. The van der Waals surface area contributed by atoms with Crippen molar-refractivity contribution in [2.45, 2.75) is 0 Å². The topological polar surface area (TPSA) is 87.5 Å². The van der Waals surface area contributed by atoms with Crippen LogP contribution < -0.4 is 10.2 Å². The van der Waals surface area contributed by atoms with Gasteiger partial charge in [0.15, 0.2) is 0 Å². The maximum Gasteiger partial charge on any atom is 0.413 e. The van der Waals surface area contributed by atoms with E-state index in [1.54, 1.807) is 24.3 Å². The van der Waals surface area contributed by atoms with Crippen LogP contribution in [-0.2, 0) is 0 Å². The van der Waals surface area contributed by atoms with Gasteiger partial charge in [-0.1, -0.05) is 12.1 Å². The van der Waals surface area contributed by atoms with Crippen molar-refractivity contribution < 1.29 is 14.7 Å². The molecule has 0 saturated heterocycles. The molecule has 1 aromatic carbocycles. The van der Waals surface area contributed by atoms with Crippen molar-refractivity contribution in [3.63, 3.8) is 0 Å². The molecule has 0 bridgehead atoms. The van der Waals surface area contributed by atoms with Crippen LogP contribution in [0.3, 0.4) is 0 Å². The Morgan fingerprint density at radius 3 is 2.67 bits per heavy atom. The normalized spacial score (nSPS) is 10.3. The van der Waals surface area contributed by atoms with Gasteiger partial charge in [-0.3, -0.25) is 0 Å². The molecule has 94 valence electrons. The number of benzene rings is 1. The molecule has 0 radical (unpaired) electrons. The molecule has 0 atom stereocenters. The van der Waals surface area contributed by atoms with Crippen LogP contribution >= 0.6 is 0 Å². The number of nitrogens with one attached hydrogen (secondary N) is 1. The summed E-state index contributed by atoms with van der Waals surface area (Å²) in [5, 5.41) is 11.4. The van der Waals surface area contributed by atoms with Crippen molar-refractivity contribution in [2.24, 2.45) is 0 Å². The minimum atomic E-state index is -1.18. The third kappa shape index (κ3) is 1.75. The first kappa shape index (κ1) is 11.9. The van der Waals surface area contributed by atoms with Crippen molar-refractivity contribution in [2.75, 3.05) is 19.0 Å². The van der Waals surface area contributed by atoms with Crippen molar-refractivity contribution in [1.82, 2.24) is 14.9 Å². The highest BCUT2D eigenvalue weighted by molar-refractivity contribution is 5.96. The fourth-order valence-electron chi connectivity index (χ4n) is 1.64. The molecule has 18 heavy (non-hydrogen) atoms. The summed E-state index contributed by atoms with van der Waals surface area (Å²) in [4.78, 5) is 27.9. The summed E-state index contributed by atoms with van der Waals surface area (Å²) in [5.41, 5.74) is 1.11. The molecule has 2 amide bonds. The molecule has 0 aliphatic carbocycles. The highest BCUT2D eigenvalue weighted by Gasteiger charge is 2.21. The number of nitrogens with zero attached hydrogens (tertiary/aromatic N) is 3. The SMILES string of the molecule is CNC(=O)n1c(N(C)C(=O)O)nc2ccccc21. The predicted molar refractivity (Wildman–Crippen MR) is 66.0 cm³/mol. The Kier molecular flexibility index (Phi) is 2.88. The van der Waals surface area contributed by atoms with Crippen molar-refractivity contribution >= 4 is 29.1 Å². The van der Waals surface area contributed by atoms with Crippen LogP contribution in [0.2, 0.25) is 0 Å². The number of fused-ring (bicyclic) bond motifs is 1. The maximum atomic E-state index is 11.8. The summed E-state index contributed by atoms with van der Waals surface area (Å²) >= 11 is 0. The number of hydrogen-bond donors (Lipinski definition) is 2. The number of rotatable bonds is 1. The van der Waals surface area contributed by atoms with Gasteiger partial charge in [0, 0.05) is 14.1 Å². The molecule has 1 heterocycles. The Hall–Kier alpha value is -2.57. The molecule has 0 aliphatic heterocycles. The van der Waals surface area contributed by atoms with E-state index in [0.717, 1.165) is 4.90 Å². The van der Waals surface area contributed by atoms with E-state index < -0.39 is 12.1 Å². The molecule has 2 aromatic rings. The molecule has 1 aromatic heterocycles. The maximum absolute atomic E-state index is 11.8. The summed E-state index contributed by atoms with van der Waals surface area (Å²) in [7, 11) is 2.81. The number of carbonyl (C=O) groups is 2. The zero-order valence-electron chi connectivity index (χ0n) is 9.91. The fraction of sp³-hybridized carbons (Fsp3) is 0.182. The predicted octanol–water partition coefficient (Wildman–Crippen LogP) is 1.34. The Morgan fingerprint density at radius 1 is 1.39 bits per heavy atom. The molecule has 0 fully saturated rings. The van der Waals surface area contributed by atoms with Gasteiger partial charge in [-0.2, -0.15) is 0 Å². The van der Waals surface area contributed by atoms with Gasteiger partial charge in [0.1, 0.15) is 0 Å². The summed E-state index contributed by atoms with van der Waals surface area (Å²) in [6, 6.07) is 6.51. The van der Waals surface area contributed by atoms with Gasteiger partial charge >= 0.3 is 12.1 Å². The van der Waals surface area contributed by atoms with Gasteiger partial charge < -0.3 is 10.4 Å². The van der Waals surface area contributed by atoms with Crippen LogP contribution in [0.15, 0.2) is 24.3 Å². The van der Waals surface area contributed by atoms with E-state index in [-0.39, 0.29) is 5.95 Å². The molecule has 0 unspecified atom stereocenters. The van der Waals surface area contributed by atoms with Gasteiger partial charge in [0.25, 0.3) is 0 Å². The van der Waals surface area contributed by atoms with E-state index in [0.29, 0.717) is 11.0 Å². The van der Waals surface area contributed by atoms with E-state index in [4.69, 9.17) is 5.11 Å². The molecule has 7 nitrogen and oxygen atoms in total. The molecular formula is C11H12N4O3. The highest BCUT2D eigenvalue weighted by atomic mass is 16.4. The highest BCUT2D eigenvalue weighted by Crippen LogP contribution is 2.21. The first-order valence-electron chi connectivity index (χ1n) is 5.22. The third-order valence-corrected chi connectivity index (χ3v) is 2.55. The summed E-state index contributed by atoms with van der Waals surface area (Å²) < 4.78 is 1.23. The van der Waals surface area contributed by atoms with E-state index in [2.05, 4.69) is 10.3 Å². The minimum absolute atomic E-state index is 0.0584.